The van der Waals surface area contributed by atoms with Gasteiger partial charge in [-0.3, -0.25) is 38.6 Å². The van der Waals surface area contributed by atoms with Gasteiger partial charge in [-0.15, -0.1) is 0 Å². The number of carbonyl (C=O) groups excluding carboxylic acids is 7. The molecule has 342 valence electrons. The maximum absolute atomic E-state index is 14.3. The molecular weight excluding hydrogens is 805 g/mol. The van der Waals surface area contributed by atoms with Crippen molar-refractivity contribution < 1.29 is 38.3 Å². The van der Waals surface area contributed by atoms with Crippen molar-refractivity contribution in [2.24, 2.45) is 39.6 Å². The number of Topliss-reactive ketones (excluding diaryl/α,β-unsaturated/α-hetero) is 3. The number of hydrogen-bond acceptors (Lipinski definition) is 11. The molecule has 0 unspecified atom stereocenters. The average molecular weight is 871 g/mol. The van der Waals surface area contributed by atoms with Crippen molar-refractivity contribution in [1.29, 1.82) is 0 Å². The Morgan fingerprint density at radius 2 is 1.37 bits per heavy atom. The number of unbranched alkanes of at least 4 members (excludes halogenated alkanes) is 2. The van der Waals surface area contributed by atoms with E-state index in [-0.39, 0.29) is 56.2 Å². The van der Waals surface area contributed by atoms with E-state index in [2.05, 4.69) is 15.6 Å². The molecule has 2 aromatic rings. The lowest BCUT2D eigenvalue weighted by Crippen LogP contribution is -2.51. The second kappa shape index (κ2) is 25.2. The highest BCUT2D eigenvalue weighted by Gasteiger charge is 2.32. The van der Waals surface area contributed by atoms with Gasteiger partial charge in [0.1, 0.15) is 11.8 Å². The van der Waals surface area contributed by atoms with Crippen LogP contribution in [0.1, 0.15) is 107 Å². The lowest BCUT2D eigenvalue weighted by atomic mass is 9.84. The highest BCUT2D eigenvalue weighted by Crippen LogP contribution is 2.29. The van der Waals surface area contributed by atoms with E-state index < -0.39 is 53.5 Å². The van der Waals surface area contributed by atoms with Gasteiger partial charge in [0, 0.05) is 60.4 Å². The number of guanidine groups is 1. The number of nitrogens with one attached hydrogen (secondary N) is 2. The molecule has 0 saturated carbocycles. The van der Waals surface area contributed by atoms with E-state index in [1.165, 1.54) is 0 Å². The maximum Gasteiger partial charge on any atom is 0.311 e. The third kappa shape index (κ3) is 16.0. The molecule has 16 heteroatoms. The predicted octanol–water partition coefficient (Wildman–Crippen LogP) is 2.90. The molecule has 0 saturated heterocycles. The molecule has 3 rings (SSSR count). The number of nitrogens with two attached hydrogens (primary N) is 5. The molecule has 0 heterocycles. The lowest BCUT2D eigenvalue weighted by molar-refractivity contribution is -0.134. The number of aliphatic imine (C=N–C) groups is 1. The first-order valence-corrected chi connectivity index (χ1v) is 21.6. The quantitative estimate of drug-likeness (QED) is 0.0179. The van der Waals surface area contributed by atoms with Crippen LogP contribution in [0.5, 0.6) is 5.75 Å². The van der Waals surface area contributed by atoms with Crippen molar-refractivity contribution in [3.8, 4) is 5.75 Å². The summed E-state index contributed by atoms with van der Waals surface area (Å²) in [5, 5.41) is 5.59. The monoisotopic (exact) mass is 871 g/mol. The van der Waals surface area contributed by atoms with Gasteiger partial charge in [-0.1, -0.05) is 36.8 Å². The maximum atomic E-state index is 14.3. The van der Waals surface area contributed by atoms with Crippen LogP contribution in [0.3, 0.4) is 0 Å². The second-order valence-corrected chi connectivity index (χ2v) is 16.4. The van der Waals surface area contributed by atoms with Gasteiger partial charge >= 0.3 is 5.97 Å². The molecule has 0 aliphatic heterocycles. The van der Waals surface area contributed by atoms with Crippen molar-refractivity contribution in [2.75, 3.05) is 13.1 Å². The van der Waals surface area contributed by atoms with Crippen LogP contribution in [-0.2, 0) is 46.4 Å². The fourth-order valence-corrected chi connectivity index (χ4v) is 7.53. The lowest BCUT2D eigenvalue weighted by Gasteiger charge is -2.25. The van der Waals surface area contributed by atoms with E-state index in [0.29, 0.717) is 96.2 Å². The number of esters is 1. The summed E-state index contributed by atoms with van der Waals surface area (Å²) in [5.74, 6) is -3.64. The number of amides is 3. The van der Waals surface area contributed by atoms with E-state index >= 15 is 0 Å². The SMILES string of the molecule is CC1=C(C)C(=O)C(CCCCC(=O)Oc2cc(C)c(C[C@H](NC(=O)[C@H](N)CCCN=C(N)N)C(=O)C[C@@H](CCCCN)C(=O)N[C@@H](Cc3ccccc3)C(N)=O)c(C)c2)=C(C)C1=O. The van der Waals surface area contributed by atoms with Crippen molar-refractivity contribution in [2.45, 2.75) is 130 Å². The number of hydrogen-bond donors (Lipinski definition) is 7. The molecule has 1 aliphatic rings. The third-order valence-electron chi connectivity index (χ3n) is 11.5. The largest absolute Gasteiger partial charge is 0.427 e. The van der Waals surface area contributed by atoms with Crippen LogP contribution in [0.2, 0.25) is 0 Å². The van der Waals surface area contributed by atoms with E-state index in [1.54, 1.807) is 46.8 Å². The molecular formula is C47H66N8O8. The summed E-state index contributed by atoms with van der Waals surface area (Å²) in [4.78, 5) is 96.3. The van der Waals surface area contributed by atoms with Crippen molar-refractivity contribution in [3.05, 3.63) is 87.0 Å². The summed E-state index contributed by atoms with van der Waals surface area (Å²) < 4.78 is 5.69. The highest BCUT2D eigenvalue weighted by molar-refractivity contribution is 6.24. The summed E-state index contributed by atoms with van der Waals surface area (Å²) in [7, 11) is 0. The van der Waals surface area contributed by atoms with Crippen LogP contribution in [-0.4, -0.2) is 78.2 Å². The molecule has 16 nitrogen and oxygen atoms in total. The molecule has 1 aliphatic carbocycles. The number of rotatable bonds is 26. The average Bonchev–Trinajstić information content (AvgIpc) is 3.23. The van der Waals surface area contributed by atoms with Gasteiger partial charge < -0.3 is 44.0 Å². The van der Waals surface area contributed by atoms with Gasteiger partial charge in [0.05, 0.1) is 12.1 Å². The topological polar surface area (TPSA) is 295 Å². The van der Waals surface area contributed by atoms with Gasteiger partial charge in [-0.05, 0) is 120 Å². The molecule has 0 spiro atoms. The summed E-state index contributed by atoms with van der Waals surface area (Å²) in [5.41, 5.74) is 33.3. The minimum Gasteiger partial charge on any atom is -0.427 e. The van der Waals surface area contributed by atoms with Crippen molar-refractivity contribution >= 4 is 47.0 Å². The summed E-state index contributed by atoms with van der Waals surface area (Å²) in [6, 6.07) is 9.32. The fraction of sp³-hybridized carbons (Fsp3) is 0.489. The Bertz CT molecular complexity index is 2070. The predicted molar refractivity (Wildman–Crippen MR) is 242 cm³/mol. The van der Waals surface area contributed by atoms with Crippen molar-refractivity contribution in [1.82, 2.24) is 10.6 Å². The fourth-order valence-electron chi connectivity index (χ4n) is 7.53. The number of ether oxygens (including phenoxy) is 1. The van der Waals surface area contributed by atoms with E-state index in [9.17, 15) is 33.6 Å². The second-order valence-electron chi connectivity index (χ2n) is 16.4. The Morgan fingerprint density at radius 3 is 1.98 bits per heavy atom. The number of allylic oxidation sites excluding steroid dienone is 4. The molecule has 0 aromatic heterocycles. The first kappa shape index (κ1) is 51.4. The first-order chi connectivity index (χ1) is 29.8. The van der Waals surface area contributed by atoms with Gasteiger partial charge in [0.2, 0.25) is 17.7 Å². The number of ketones is 3. The minimum absolute atomic E-state index is 0.0386. The van der Waals surface area contributed by atoms with Crippen LogP contribution in [0.25, 0.3) is 0 Å². The van der Waals surface area contributed by atoms with Gasteiger partial charge in [0.25, 0.3) is 0 Å². The zero-order chi connectivity index (χ0) is 46.8. The zero-order valence-electron chi connectivity index (χ0n) is 37.4. The van der Waals surface area contributed by atoms with Crippen LogP contribution in [0, 0.1) is 19.8 Å². The Hall–Kier alpha value is -6.00. The Kier molecular flexibility index (Phi) is 20.5. The van der Waals surface area contributed by atoms with Crippen LogP contribution in [0.15, 0.2) is 69.7 Å². The van der Waals surface area contributed by atoms with E-state index in [0.717, 1.165) is 5.56 Å². The van der Waals surface area contributed by atoms with E-state index in [1.807, 2.05) is 30.3 Å². The zero-order valence-corrected chi connectivity index (χ0v) is 37.4. The smallest absolute Gasteiger partial charge is 0.311 e. The van der Waals surface area contributed by atoms with Crippen LogP contribution in [0.4, 0.5) is 0 Å². The molecule has 0 bridgehead atoms. The highest BCUT2D eigenvalue weighted by atomic mass is 16.5. The van der Waals surface area contributed by atoms with Crippen LogP contribution < -0.4 is 44.0 Å². The molecule has 12 N–H and O–H groups in total. The first-order valence-electron chi connectivity index (χ1n) is 21.6. The van der Waals surface area contributed by atoms with E-state index in [4.69, 9.17) is 33.4 Å². The number of nitrogens with zero attached hydrogens (tertiary/aromatic N) is 1. The number of benzene rings is 2. The van der Waals surface area contributed by atoms with Gasteiger partial charge in [0.15, 0.2) is 23.3 Å². The molecule has 0 radical (unpaired) electrons. The molecule has 4 atom stereocenters. The molecule has 0 fully saturated rings. The Labute approximate surface area is 370 Å². The number of primary amides is 1. The van der Waals surface area contributed by atoms with Crippen LogP contribution >= 0.6 is 0 Å². The van der Waals surface area contributed by atoms with Crippen molar-refractivity contribution in [3.63, 3.8) is 0 Å². The number of carbonyl (C=O) groups is 7. The van der Waals surface area contributed by atoms with Gasteiger partial charge in [-0.2, -0.15) is 0 Å². The molecule has 2 aromatic carbocycles. The standard InChI is InChI=1S/C47H66N8O8/c1-27-22-34(63-41(57)19-10-9-17-35-31(5)42(58)29(3)30(4)43(35)59)23-28(2)36(27)26-38(54-46(62)37(49)18-13-21-53-47(51)52)40(56)25-33(16-11-12-20-48)45(61)55-39(44(50)60)24-32-14-7-6-8-15-32/h6-8,14-15,22-23,33,37-39H,9-13,16-21,24-26,48-49H2,1-5H3,(H2,50,60)(H,54,62)(H,55,61)(H4,51,52,53)/t33-,37-,38+,39+/m1/s1. The Balaban J connectivity index is 1.79. The normalized spacial score (nSPS) is 14.7. The third-order valence-corrected chi connectivity index (χ3v) is 11.5. The number of aryl methyl sites for hydroxylation is 2. The molecule has 63 heavy (non-hydrogen) atoms. The Morgan fingerprint density at radius 1 is 0.730 bits per heavy atom. The summed E-state index contributed by atoms with van der Waals surface area (Å²) >= 11 is 0. The molecule has 3 amide bonds. The summed E-state index contributed by atoms with van der Waals surface area (Å²) in [6.07, 6.45) is 3.43. The van der Waals surface area contributed by atoms with Gasteiger partial charge in [-0.25, -0.2) is 0 Å². The minimum atomic E-state index is -1.11. The summed E-state index contributed by atoms with van der Waals surface area (Å²) in [6.45, 7) is 9.20.